The highest BCUT2D eigenvalue weighted by Gasteiger charge is 2.37. The van der Waals surface area contributed by atoms with E-state index in [-0.39, 0.29) is 28.7 Å². The molecule has 0 aliphatic heterocycles. The maximum atomic E-state index is 14.6. The van der Waals surface area contributed by atoms with Crippen LogP contribution in [0.25, 0.3) is 78.1 Å². The lowest BCUT2D eigenvalue weighted by molar-refractivity contribution is -0.143. The maximum absolute atomic E-state index is 14.6. The quantitative estimate of drug-likeness (QED) is 0.166. The molecule has 3 aromatic heterocycles. The lowest BCUT2D eigenvalue weighted by Crippen LogP contribution is -2.20. The van der Waals surface area contributed by atoms with Gasteiger partial charge in [-0.2, -0.15) is 36.9 Å². The van der Waals surface area contributed by atoms with Crippen LogP contribution >= 0.6 is 0 Å². The van der Waals surface area contributed by atoms with Gasteiger partial charge >= 0.3 is 12.4 Å². The van der Waals surface area contributed by atoms with Gasteiger partial charge in [-0.05, 0) is 107 Å². The number of rotatable bonds is 4. The zero-order valence-corrected chi connectivity index (χ0v) is 32.4. The Balaban J connectivity index is 1.32. The molecule has 0 saturated heterocycles. The van der Waals surface area contributed by atoms with Crippen molar-refractivity contribution in [2.75, 3.05) is 0 Å². The standard InChI is InChI=1S/C51H29F6N5/c52-50(53,54)35-21-34(22-36(25-35)51(55,56)57)43-26-49(62-45-16-8-6-14-40(45)42-20-18-31(24-47(42)62)38-12-4-2-10-33(38)28-59)60-29-48(43)61-44-15-7-5-13-39(44)41-19-17-30(23-46(41)61)37-11-3-1-9-32(37)27-58/h1-10,12,14-26,29H,11,13H2. The number of para-hydroxylation sites is 1. The fourth-order valence-corrected chi connectivity index (χ4v) is 8.79. The molecule has 8 aromatic rings. The van der Waals surface area contributed by atoms with Gasteiger partial charge in [-0.25, -0.2) is 4.98 Å². The smallest absolute Gasteiger partial charge is 0.307 e. The molecule has 5 aromatic carbocycles. The fraction of sp³-hybridized carbons (Fsp3) is 0.0784. The molecule has 10 rings (SSSR count). The Morgan fingerprint density at radius 2 is 1.27 bits per heavy atom. The second kappa shape index (κ2) is 14.4. The molecule has 300 valence electrons. The summed E-state index contributed by atoms with van der Waals surface area (Å²) in [5.74, 6) is 0.245. The number of hydrogen-bond donors (Lipinski definition) is 0. The van der Waals surface area contributed by atoms with Crippen LogP contribution in [0.4, 0.5) is 26.3 Å². The summed E-state index contributed by atoms with van der Waals surface area (Å²) >= 11 is 0. The molecule has 0 bridgehead atoms. The monoisotopic (exact) mass is 825 g/mol. The van der Waals surface area contributed by atoms with Crippen LogP contribution in [0.1, 0.15) is 28.7 Å². The number of halogens is 6. The number of aromatic nitrogens is 3. The summed E-state index contributed by atoms with van der Waals surface area (Å²) < 4.78 is 91.1. The molecule has 0 spiro atoms. The summed E-state index contributed by atoms with van der Waals surface area (Å²) in [6, 6.07) is 33.9. The lowest BCUT2D eigenvalue weighted by Gasteiger charge is -2.19. The van der Waals surface area contributed by atoms with E-state index in [1.54, 1.807) is 24.3 Å². The van der Waals surface area contributed by atoms with Crippen LogP contribution in [0, 0.1) is 22.7 Å². The summed E-state index contributed by atoms with van der Waals surface area (Å²) in [4.78, 5) is 4.98. The van der Waals surface area contributed by atoms with Crippen molar-refractivity contribution < 1.29 is 26.3 Å². The van der Waals surface area contributed by atoms with Crippen molar-refractivity contribution in [1.82, 2.24) is 14.1 Å². The average molecular weight is 826 g/mol. The first kappa shape index (κ1) is 38.3. The van der Waals surface area contributed by atoms with E-state index in [0.717, 1.165) is 50.2 Å². The van der Waals surface area contributed by atoms with E-state index in [0.29, 0.717) is 51.4 Å². The van der Waals surface area contributed by atoms with Crippen molar-refractivity contribution in [2.24, 2.45) is 0 Å². The number of nitrogens with zero attached hydrogens (tertiary/aromatic N) is 5. The van der Waals surface area contributed by atoms with Crippen molar-refractivity contribution in [3.05, 3.63) is 184 Å². The van der Waals surface area contributed by atoms with E-state index in [1.165, 1.54) is 6.20 Å². The number of allylic oxidation sites excluding steroid dienone is 6. The molecule has 0 amide bonds. The minimum absolute atomic E-state index is 0.0717. The Kier molecular flexibility index (Phi) is 8.89. The number of nitriles is 2. The first-order valence-corrected chi connectivity index (χ1v) is 19.6. The summed E-state index contributed by atoms with van der Waals surface area (Å²) in [5.41, 5.74) is 3.20. The SMILES string of the molecule is N#CC1=CC=CCC1=c1ccc2c3c(n(-c4cnc(-n5c6ccccc6c6ccc(-c7ccccc7C#N)cc65)cc4-c4cc(C(F)(F)F)cc(C(F)(F)F)c4)c2c1)=CC=CC3. The highest BCUT2D eigenvalue weighted by Crippen LogP contribution is 2.42. The Morgan fingerprint density at radius 1 is 0.581 bits per heavy atom. The molecule has 11 heteroatoms. The molecule has 0 atom stereocenters. The zero-order valence-electron chi connectivity index (χ0n) is 32.4. The van der Waals surface area contributed by atoms with Crippen LogP contribution in [0.15, 0.2) is 151 Å². The first-order chi connectivity index (χ1) is 29.9. The van der Waals surface area contributed by atoms with E-state index < -0.39 is 23.5 Å². The molecule has 5 nitrogen and oxygen atoms in total. The summed E-state index contributed by atoms with van der Waals surface area (Å²) in [7, 11) is 0. The van der Waals surface area contributed by atoms with Crippen molar-refractivity contribution in [3.63, 3.8) is 0 Å². The number of alkyl halides is 6. The highest BCUT2D eigenvalue weighted by atomic mass is 19.4. The van der Waals surface area contributed by atoms with Gasteiger partial charge in [-0.15, -0.1) is 0 Å². The van der Waals surface area contributed by atoms with Crippen LogP contribution < -0.4 is 10.6 Å². The maximum Gasteiger partial charge on any atom is 0.416 e. The molecule has 0 fully saturated rings. The number of hydrogen-bond acceptors (Lipinski definition) is 3. The van der Waals surface area contributed by atoms with Gasteiger partial charge in [0.25, 0.3) is 0 Å². The zero-order chi connectivity index (χ0) is 42.9. The largest absolute Gasteiger partial charge is 0.416 e. The molecule has 0 unspecified atom stereocenters. The van der Waals surface area contributed by atoms with Crippen molar-refractivity contribution in [1.29, 1.82) is 10.5 Å². The van der Waals surface area contributed by atoms with Crippen LogP contribution in [-0.4, -0.2) is 14.1 Å². The van der Waals surface area contributed by atoms with Crippen molar-refractivity contribution >= 4 is 44.4 Å². The Bertz CT molecular complexity index is 3490. The second-order valence-electron chi connectivity index (χ2n) is 15.1. The summed E-state index contributed by atoms with van der Waals surface area (Å²) in [5, 5.41) is 23.9. The molecule has 0 saturated carbocycles. The third kappa shape index (κ3) is 6.29. The van der Waals surface area contributed by atoms with E-state index in [9.17, 15) is 36.9 Å². The molecule has 3 heterocycles. The normalized spacial score (nSPS) is 14.7. The van der Waals surface area contributed by atoms with E-state index in [2.05, 4.69) is 12.1 Å². The molecule has 2 aliphatic rings. The van der Waals surface area contributed by atoms with Crippen molar-refractivity contribution in [3.8, 4) is 45.9 Å². The molecular formula is C51H29F6N5. The van der Waals surface area contributed by atoms with Gasteiger partial charge in [0.2, 0.25) is 0 Å². The Morgan fingerprint density at radius 3 is 2.05 bits per heavy atom. The molecule has 2 aliphatic carbocycles. The average Bonchev–Trinajstić information content (AvgIpc) is 3.80. The minimum atomic E-state index is -5.10. The predicted molar refractivity (Wildman–Crippen MR) is 228 cm³/mol. The molecule has 62 heavy (non-hydrogen) atoms. The van der Waals surface area contributed by atoms with Crippen LogP contribution in [0.2, 0.25) is 0 Å². The van der Waals surface area contributed by atoms with E-state index in [1.807, 2.05) is 112 Å². The van der Waals surface area contributed by atoms with Gasteiger partial charge < -0.3 is 4.57 Å². The summed E-state index contributed by atoms with van der Waals surface area (Å²) in [6.07, 6.45) is 3.53. The topological polar surface area (TPSA) is 70.3 Å². The van der Waals surface area contributed by atoms with Crippen LogP contribution in [0.3, 0.4) is 0 Å². The molecule has 0 N–H and O–H groups in total. The van der Waals surface area contributed by atoms with Gasteiger partial charge in [0, 0.05) is 21.7 Å². The summed E-state index contributed by atoms with van der Waals surface area (Å²) in [6.45, 7) is 0. The number of benzene rings is 5. The third-order valence-electron chi connectivity index (χ3n) is 11.6. The Labute approximate surface area is 349 Å². The van der Waals surface area contributed by atoms with Crippen LogP contribution in [-0.2, 0) is 18.8 Å². The highest BCUT2D eigenvalue weighted by molar-refractivity contribution is 6.10. The number of pyridine rings is 1. The fourth-order valence-electron chi connectivity index (χ4n) is 8.79. The van der Waals surface area contributed by atoms with E-state index in [4.69, 9.17) is 4.98 Å². The van der Waals surface area contributed by atoms with Gasteiger partial charge in [-0.1, -0.05) is 85.0 Å². The van der Waals surface area contributed by atoms with Gasteiger partial charge in [0.15, 0.2) is 0 Å². The van der Waals surface area contributed by atoms with Gasteiger partial charge in [0.1, 0.15) is 5.82 Å². The van der Waals surface area contributed by atoms with Gasteiger partial charge in [0.05, 0.1) is 68.2 Å². The first-order valence-electron chi connectivity index (χ1n) is 19.6. The number of fused-ring (bicyclic) bond motifs is 6. The Hall–Kier alpha value is -7.89. The predicted octanol–water partition coefficient (Wildman–Crippen LogP) is 11.8. The second-order valence-corrected chi connectivity index (χ2v) is 15.1. The lowest BCUT2D eigenvalue weighted by atomic mass is 9.96. The third-order valence-corrected chi connectivity index (χ3v) is 11.6. The minimum Gasteiger partial charge on any atom is -0.307 e. The van der Waals surface area contributed by atoms with E-state index >= 15 is 0 Å². The van der Waals surface area contributed by atoms with Crippen LogP contribution in [0.5, 0.6) is 0 Å². The molecular weight excluding hydrogens is 797 g/mol. The van der Waals surface area contributed by atoms with Crippen molar-refractivity contribution in [2.45, 2.75) is 25.2 Å². The molecule has 0 radical (unpaired) electrons. The van der Waals surface area contributed by atoms with Gasteiger partial charge in [-0.3, -0.25) is 4.57 Å².